The molecule has 1 aromatic carbocycles. The van der Waals surface area contributed by atoms with E-state index >= 15 is 0 Å². The van der Waals surface area contributed by atoms with Crippen molar-refractivity contribution in [2.75, 3.05) is 11.9 Å². The number of anilines is 1. The molecular formula is C13H14F3N3O3. The van der Waals surface area contributed by atoms with Gasteiger partial charge in [-0.1, -0.05) is 12.1 Å². The first-order valence-corrected chi connectivity index (χ1v) is 6.19. The second kappa shape index (κ2) is 7.43. The lowest BCUT2D eigenvalue weighted by Gasteiger charge is -2.09. The summed E-state index contributed by atoms with van der Waals surface area (Å²) in [5.74, 6) is -2.07. The van der Waals surface area contributed by atoms with Crippen LogP contribution in [-0.4, -0.2) is 30.5 Å². The third-order valence-electron chi connectivity index (χ3n) is 2.39. The number of carbonyl (C=O) groups excluding carboxylic acids is 2. The maximum atomic E-state index is 12.2. The highest BCUT2D eigenvalue weighted by Crippen LogP contribution is 2.19. The summed E-state index contributed by atoms with van der Waals surface area (Å²) in [4.78, 5) is 21.9. The van der Waals surface area contributed by atoms with Crippen molar-refractivity contribution in [3.8, 4) is 0 Å². The first-order chi connectivity index (χ1) is 10.2. The molecular weight excluding hydrogens is 303 g/mol. The van der Waals surface area contributed by atoms with Gasteiger partial charge in [0.25, 0.3) is 0 Å². The van der Waals surface area contributed by atoms with Gasteiger partial charge < -0.3 is 10.1 Å². The minimum absolute atomic E-state index is 0.0366. The Morgan fingerprint density at radius 3 is 2.59 bits per heavy atom. The molecule has 6 nitrogen and oxygen atoms in total. The average Bonchev–Trinajstić information content (AvgIpc) is 2.44. The zero-order valence-corrected chi connectivity index (χ0v) is 11.8. The molecule has 0 unspecified atom stereocenters. The molecule has 0 saturated heterocycles. The zero-order valence-electron chi connectivity index (χ0n) is 11.8. The van der Waals surface area contributed by atoms with Crippen molar-refractivity contribution in [2.45, 2.75) is 20.0 Å². The van der Waals surface area contributed by atoms with Crippen LogP contribution in [0.1, 0.15) is 19.4 Å². The molecule has 9 heteroatoms. The third kappa shape index (κ3) is 5.43. The van der Waals surface area contributed by atoms with Crippen LogP contribution in [0.2, 0.25) is 0 Å². The molecule has 0 saturated carbocycles. The lowest BCUT2D eigenvalue weighted by molar-refractivity contribution is -0.167. The second-order valence-corrected chi connectivity index (χ2v) is 4.06. The summed E-state index contributed by atoms with van der Waals surface area (Å²) in [5.41, 5.74) is 2.85. The Bertz CT molecular complexity index is 585. The molecule has 22 heavy (non-hydrogen) atoms. The van der Waals surface area contributed by atoms with Crippen molar-refractivity contribution in [2.24, 2.45) is 5.10 Å². The van der Waals surface area contributed by atoms with Crippen molar-refractivity contribution in [3.05, 3.63) is 29.8 Å². The fourth-order valence-electron chi connectivity index (χ4n) is 1.38. The van der Waals surface area contributed by atoms with Crippen LogP contribution in [0.4, 0.5) is 23.7 Å². The number of hydrogen-bond donors (Lipinski definition) is 2. The molecule has 1 aromatic rings. The first kappa shape index (κ1) is 17.5. The fourth-order valence-corrected chi connectivity index (χ4v) is 1.38. The topological polar surface area (TPSA) is 79.8 Å². The molecule has 120 valence electrons. The molecule has 1 rings (SSSR count). The predicted molar refractivity (Wildman–Crippen MR) is 73.5 cm³/mol. The van der Waals surface area contributed by atoms with Gasteiger partial charge in [0.1, 0.15) is 0 Å². The van der Waals surface area contributed by atoms with Crippen molar-refractivity contribution in [1.29, 1.82) is 0 Å². The van der Waals surface area contributed by atoms with Crippen molar-refractivity contribution >= 4 is 23.4 Å². The Labute approximate surface area is 124 Å². The van der Waals surface area contributed by atoms with Crippen LogP contribution in [0.5, 0.6) is 0 Å². The maximum absolute atomic E-state index is 12.2. The number of ether oxygens (including phenoxy) is 1. The number of carbonyl (C=O) groups is 2. The SMILES string of the molecule is CCOC(=O)N/N=C(\C)c1cccc(NC(=O)C(F)(F)F)c1. The smallest absolute Gasteiger partial charge is 0.449 e. The minimum atomic E-state index is -4.97. The van der Waals surface area contributed by atoms with Crippen LogP contribution < -0.4 is 10.7 Å². The first-order valence-electron chi connectivity index (χ1n) is 6.19. The van der Waals surface area contributed by atoms with E-state index in [9.17, 15) is 22.8 Å². The molecule has 0 aliphatic rings. The molecule has 0 atom stereocenters. The standard InChI is InChI=1S/C13H14F3N3O3/c1-3-22-12(21)19-18-8(2)9-5-4-6-10(7-9)17-11(20)13(14,15)16/h4-7H,3H2,1-2H3,(H,17,20)(H,19,21)/b18-8+. The summed E-state index contributed by atoms with van der Waals surface area (Å²) < 4.78 is 41.1. The van der Waals surface area contributed by atoms with E-state index in [0.29, 0.717) is 11.3 Å². The molecule has 2 amide bonds. The molecule has 0 heterocycles. The Kier molecular flexibility index (Phi) is 5.90. The van der Waals surface area contributed by atoms with E-state index in [2.05, 4.69) is 15.3 Å². The Morgan fingerprint density at radius 2 is 2.00 bits per heavy atom. The number of hydrogen-bond acceptors (Lipinski definition) is 4. The maximum Gasteiger partial charge on any atom is 0.471 e. The van der Waals surface area contributed by atoms with E-state index in [4.69, 9.17) is 0 Å². The van der Waals surface area contributed by atoms with Gasteiger partial charge in [-0.2, -0.15) is 18.3 Å². The van der Waals surface area contributed by atoms with Crippen molar-refractivity contribution in [1.82, 2.24) is 5.43 Å². The van der Waals surface area contributed by atoms with E-state index in [1.54, 1.807) is 18.3 Å². The highest BCUT2D eigenvalue weighted by Gasteiger charge is 2.38. The van der Waals surface area contributed by atoms with Gasteiger partial charge in [-0.3, -0.25) is 4.79 Å². The van der Waals surface area contributed by atoms with Gasteiger partial charge >= 0.3 is 18.2 Å². The largest absolute Gasteiger partial charge is 0.471 e. The van der Waals surface area contributed by atoms with Gasteiger partial charge in [0, 0.05) is 5.69 Å². The number of rotatable bonds is 4. The molecule has 0 spiro atoms. The molecule has 2 N–H and O–H groups in total. The van der Waals surface area contributed by atoms with Crippen LogP contribution >= 0.6 is 0 Å². The predicted octanol–water partition coefficient (Wildman–Crippen LogP) is 2.66. The Morgan fingerprint density at radius 1 is 1.32 bits per heavy atom. The van der Waals surface area contributed by atoms with Gasteiger partial charge in [-0.15, -0.1) is 0 Å². The van der Waals surface area contributed by atoms with Crippen molar-refractivity contribution in [3.63, 3.8) is 0 Å². The van der Waals surface area contributed by atoms with Crippen LogP contribution in [0.3, 0.4) is 0 Å². The lowest BCUT2D eigenvalue weighted by Crippen LogP contribution is -2.29. The summed E-state index contributed by atoms with van der Waals surface area (Å²) in [6.07, 6.45) is -5.71. The number of nitrogens with zero attached hydrogens (tertiary/aromatic N) is 1. The summed E-state index contributed by atoms with van der Waals surface area (Å²) in [6, 6.07) is 5.62. The number of alkyl halides is 3. The van der Waals surface area contributed by atoms with Gasteiger partial charge in [0.15, 0.2) is 0 Å². The van der Waals surface area contributed by atoms with Crippen LogP contribution in [-0.2, 0) is 9.53 Å². The number of benzene rings is 1. The third-order valence-corrected chi connectivity index (χ3v) is 2.39. The number of nitrogens with one attached hydrogen (secondary N) is 2. The quantitative estimate of drug-likeness (QED) is 0.662. The van der Waals surface area contributed by atoms with Crippen LogP contribution in [0, 0.1) is 0 Å². The van der Waals surface area contributed by atoms with E-state index < -0.39 is 18.2 Å². The number of hydrazone groups is 1. The number of amides is 2. The van der Waals surface area contributed by atoms with Gasteiger partial charge in [-0.05, 0) is 31.5 Å². The summed E-state index contributed by atoms with van der Waals surface area (Å²) in [7, 11) is 0. The fraction of sp³-hybridized carbons (Fsp3) is 0.308. The monoisotopic (exact) mass is 317 g/mol. The molecule has 0 radical (unpaired) electrons. The molecule has 0 fully saturated rings. The Hall–Kier alpha value is -2.58. The van der Waals surface area contributed by atoms with E-state index in [0.717, 1.165) is 0 Å². The Balaban J connectivity index is 2.81. The zero-order chi connectivity index (χ0) is 16.8. The average molecular weight is 317 g/mol. The highest BCUT2D eigenvalue weighted by atomic mass is 19.4. The van der Waals surface area contributed by atoms with E-state index in [-0.39, 0.29) is 12.3 Å². The lowest BCUT2D eigenvalue weighted by atomic mass is 10.1. The van der Waals surface area contributed by atoms with Crippen LogP contribution in [0.15, 0.2) is 29.4 Å². The van der Waals surface area contributed by atoms with Gasteiger partial charge in [0.05, 0.1) is 12.3 Å². The van der Waals surface area contributed by atoms with Gasteiger partial charge in [0.2, 0.25) is 0 Å². The second-order valence-electron chi connectivity index (χ2n) is 4.06. The number of halogens is 3. The summed E-state index contributed by atoms with van der Waals surface area (Å²) in [5, 5.41) is 5.47. The van der Waals surface area contributed by atoms with Crippen molar-refractivity contribution < 1.29 is 27.5 Å². The van der Waals surface area contributed by atoms with E-state index in [1.807, 2.05) is 0 Å². The highest BCUT2D eigenvalue weighted by molar-refractivity contribution is 6.01. The normalized spacial score (nSPS) is 11.8. The molecule has 0 aliphatic heterocycles. The van der Waals surface area contributed by atoms with Gasteiger partial charge in [-0.25, -0.2) is 10.2 Å². The van der Waals surface area contributed by atoms with Crippen LogP contribution in [0.25, 0.3) is 0 Å². The molecule has 0 aliphatic carbocycles. The van der Waals surface area contributed by atoms with E-state index in [1.165, 1.54) is 25.1 Å². The summed E-state index contributed by atoms with van der Waals surface area (Å²) >= 11 is 0. The molecule has 0 bridgehead atoms. The summed E-state index contributed by atoms with van der Waals surface area (Å²) in [6.45, 7) is 3.35. The minimum Gasteiger partial charge on any atom is -0.449 e. The molecule has 0 aromatic heterocycles.